The number of hydrogen-bond donors (Lipinski definition) is 1. The average Bonchev–Trinajstić information content (AvgIpc) is 2.98. The molecule has 0 spiro atoms. The van der Waals surface area contributed by atoms with Crippen molar-refractivity contribution in [1.82, 2.24) is 10.4 Å². The van der Waals surface area contributed by atoms with E-state index in [2.05, 4.69) is 50.6 Å². The zero-order valence-corrected chi connectivity index (χ0v) is 21.8. The molecule has 2 aromatic rings. The predicted octanol–water partition coefficient (Wildman–Crippen LogP) is 4.85. The number of halogens is 2. The Hall–Kier alpha value is -1.38. The Morgan fingerprint density at radius 3 is 2.60 bits per heavy atom. The maximum Gasteiger partial charge on any atom is 0.285 e. The summed E-state index contributed by atoms with van der Waals surface area (Å²) in [5, 5.41) is 1.09. The summed E-state index contributed by atoms with van der Waals surface area (Å²) in [6.45, 7) is 2.42. The van der Waals surface area contributed by atoms with E-state index in [0.29, 0.717) is 28.6 Å². The van der Waals surface area contributed by atoms with Gasteiger partial charge in [0.2, 0.25) is 0 Å². The summed E-state index contributed by atoms with van der Waals surface area (Å²) in [6, 6.07) is 10.5. The lowest BCUT2D eigenvalue weighted by Crippen LogP contribution is -2.44. The largest absolute Gasteiger partial charge is 0.497 e. The maximum absolute atomic E-state index is 12.9. The van der Waals surface area contributed by atoms with Gasteiger partial charge in [0.1, 0.15) is 11.5 Å². The molecule has 1 saturated heterocycles. The molecule has 6 nitrogen and oxygen atoms in total. The van der Waals surface area contributed by atoms with Gasteiger partial charge < -0.3 is 9.47 Å². The van der Waals surface area contributed by atoms with Crippen LogP contribution in [-0.2, 0) is 4.79 Å². The molecule has 0 bridgehead atoms. The minimum absolute atomic E-state index is 0.256. The lowest BCUT2D eigenvalue weighted by molar-refractivity contribution is -0.123. The number of hydrazine groups is 1. The lowest BCUT2D eigenvalue weighted by Gasteiger charge is -2.15. The fourth-order valence-corrected chi connectivity index (χ4v) is 5.81. The Morgan fingerprint density at radius 1 is 1.27 bits per heavy atom. The number of methoxy groups -OCH3 is 1. The van der Waals surface area contributed by atoms with Crippen LogP contribution in [0.25, 0.3) is 6.08 Å². The predicted molar refractivity (Wildman–Crippen MR) is 139 cm³/mol. The second kappa shape index (κ2) is 10.3. The van der Waals surface area contributed by atoms with Crippen LogP contribution in [0.3, 0.4) is 0 Å². The number of nitrogens with one attached hydrogen (secondary N) is 1. The number of thiocarbonyl (C=S) groups is 1. The Bertz CT molecular complexity index is 1040. The molecular formula is C20H16I2N2O4S2. The summed E-state index contributed by atoms with van der Waals surface area (Å²) in [7, 11) is 1.55. The molecule has 10 heteroatoms. The van der Waals surface area contributed by atoms with Crippen LogP contribution in [0.4, 0.5) is 0 Å². The van der Waals surface area contributed by atoms with Crippen LogP contribution < -0.4 is 14.9 Å². The summed E-state index contributed by atoms with van der Waals surface area (Å²) in [5.41, 5.74) is 3.75. The fraction of sp³-hybridized carbons (Fsp3) is 0.150. The van der Waals surface area contributed by atoms with Crippen molar-refractivity contribution in [2.45, 2.75) is 6.92 Å². The highest BCUT2D eigenvalue weighted by molar-refractivity contribution is 14.1. The summed E-state index contributed by atoms with van der Waals surface area (Å²) in [4.78, 5) is 25.8. The van der Waals surface area contributed by atoms with Crippen LogP contribution >= 0.6 is 69.2 Å². The van der Waals surface area contributed by atoms with Crippen LogP contribution in [0.1, 0.15) is 22.8 Å². The van der Waals surface area contributed by atoms with Gasteiger partial charge in [0, 0.05) is 14.7 Å². The van der Waals surface area contributed by atoms with Crippen molar-refractivity contribution in [1.29, 1.82) is 0 Å². The van der Waals surface area contributed by atoms with Gasteiger partial charge in [-0.25, -0.2) is 0 Å². The molecule has 1 heterocycles. The molecule has 1 aliphatic rings. The monoisotopic (exact) mass is 666 g/mol. The molecule has 1 N–H and O–H groups in total. The fourth-order valence-electron chi connectivity index (χ4n) is 2.60. The van der Waals surface area contributed by atoms with E-state index in [9.17, 15) is 9.59 Å². The van der Waals surface area contributed by atoms with Crippen molar-refractivity contribution in [2.75, 3.05) is 13.7 Å². The lowest BCUT2D eigenvalue weighted by atomic mass is 10.2. The van der Waals surface area contributed by atoms with Crippen LogP contribution in [-0.4, -0.2) is 34.9 Å². The van der Waals surface area contributed by atoms with E-state index in [1.54, 1.807) is 37.5 Å². The number of carbonyl (C=O) groups excluding carboxylic acids is 2. The standard InChI is InChI=1S/C20H16I2N2O4S2/c1-3-28-17-12(8-13(21)10-15(17)22)9-16-19(26)24(20(29)30-16)23-18(25)11-4-6-14(27-2)7-5-11/h4-10H,3H2,1-2H3,(H,23,25)/b16-9+. The van der Waals surface area contributed by atoms with Gasteiger partial charge in [-0.05, 0) is 107 Å². The molecule has 3 rings (SSSR count). The Labute approximate surface area is 211 Å². The van der Waals surface area contributed by atoms with E-state index in [1.807, 2.05) is 19.1 Å². The summed E-state index contributed by atoms with van der Waals surface area (Å²) < 4.78 is 13.1. The number of carbonyl (C=O) groups is 2. The molecular weight excluding hydrogens is 650 g/mol. The summed E-state index contributed by atoms with van der Waals surface area (Å²) in [5.74, 6) is 0.528. The summed E-state index contributed by atoms with van der Waals surface area (Å²) in [6.07, 6.45) is 1.74. The molecule has 1 aliphatic heterocycles. The first-order valence-electron chi connectivity index (χ1n) is 8.69. The molecule has 156 valence electrons. The first kappa shape index (κ1) is 23.3. The van der Waals surface area contributed by atoms with E-state index >= 15 is 0 Å². The van der Waals surface area contributed by atoms with E-state index in [4.69, 9.17) is 21.7 Å². The quantitative estimate of drug-likeness (QED) is 0.271. The number of nitrogens with zero attached hydrogens (tertiary/aromatic N) is 1. The molecule has 2 amide bonds. The van der Waals surface area contributed by atoms with Crippen LogP contribution in [0.2, 0.25) is 0 Å². The topological polar surface area (TPSA) is 67.9 Å². The van der Waals surface area contributed by atoms with Crippen LogP contribution in [0.5, 0.6) is 11.5 Å². The number of rotatable bonds is 6. The van der Waals surface area contributed by atoms with Crippen molar-refractivity contribution < 1.29 is 19.1 Å². The minimum Gasteiger partial charge on any atom is -0.497 e. The third-order valence-corrected chi connectivity index (χ3v) is 6.70. The second-order valence-corrected chi connectivity index (χ2v) is 10.0. The summed E-state index contributed by atoms with van der Waals surface area (Å²) >= 11 is 10.9. The van der Waals surface area contributed by atoms with Crippen LogP contribution in [0.15, 0.2) is 41.3 Å². The molecule has 2 aromatic carbocycles. The van der Waals surface area contributed by atoms with E-state index in [1.165, 1.54) is 0 Å². The Kier molecular flexibility index (Phi) is 7.98. The number of thioether (sulfide) groups is 1. The van der Waals surface area contributed by atoms with Crippen molar-refractivity contribution in [2.24, 2.45) is 0 Å². The highest BCUT2D eigenvalue weighted by Crippen LogP contribution is 2.36. The Morgan fingerprint density at radius 2 is 1.97 bits per heavy atom. The molecule has 0 aromatic heterocycles. The molecule has 1 fully saturated rings. The average molecular weight is 666 g/mol. The van der Waals surface area contributed by atoms with Crippen molar-refractivity contribution >= 4 is 91.4 Å². The SMILES string of the molecule is CCOc1c(I)cc(I)cc1/C=C1/SC(=S)N(NC(=O)c2ccc(OC)cc2)C1=O. The van der Waals surface area contributed by atoms with Gasteiger partial charge in [-0.1, -0.05) is 11.8 Å². The maximum atomic E-state index is 12.9. The van der Waals surface area contributed by atoms with E-state index in [0.717, 1.165) is 29.5 Å². The Balaban J connectivity index is 1.83. The molecule has 0 unspecified atom stereocenters. The van der Waals surface area contributed by atoms with E-state index in [-0.39, 0.29) is 10.2 Å². The minimum atomic E-state index is -0.436. The second-order valence-electron chi connectivity index (χ2n) is 5.93. The van der Waals surface area contributed by atoms with Gasteiger partial charge in [0.25, 0.3) is 11.8 Å². The molecule has 30 heavy (non-hydrogen) atoms. The zero-order valence-electron chi connectivity index (χ0n) is 15.9. The van der Waals surface area contributed by atoms with Gasteiger partial charge >= 0.3 is 0 Å². The van der Waals surface area contributed by atoms with Crippen molar-refractivity contribution in [3.63, 3.8) is 0 Å². The highest BCUT2D eigenvalue weighted by Gasteiger charge is 2.34. The smallest absolute Gasteiger partial charge is 0.285 e. The molecule has 0 atom stereocenters. The number of amides is 2. The number of ether oxygens (including phenoxy) is 2. The zero-order chi connectivity index (χ0) is 21.8. The van der Waals surface area contributed by atoms with Gasteiger partial charge in [0.15, 0.2) is 4.32 Å². The van der Waals surface area contributed by atoms with Gasteiger partial charge in [-0.2, -0.15) is 5.01 Å². The molecule has 0 aliphatic carbocycles. The highest BCUT2D eigenvalue weighted by atomic mass is 127. The molecule has 0 radical (unpaired) electrons. The van der Waals surface area contributed by atoms with Crippen molar-refractivity contribution in [3.8, 4) is 11.5 Å². The first-order chi connectivity index (χ1) is 14.3. The number of benzene rings is 2. The van der Waals surface area contributed by atoms with Crippen molar-refractivity contribution in [3.05, 3.63) is 59.6 Å². The van der Waals surface area contributed by atoms with Crippen LogP contribution in [0, 0.1) is 7.14 Å². The third kappa shape index (κ3) is 5.26. The van der Waals surface area contributed by atoms with Gasteiger partial charge in [0.05, 0.1) is 22.2 Å². The van der Waals surface area contributed by atoms with Gasteiger partial charge in [-0.15, -0.1) is 0 Å². The van der Waals surface area contributed by atoms with E-state index < -0.39 is 5.91 Å². The normalized spacial score (nSPS) is 14.9. The first-order valence-corrected chi connectivity index (χ1v) is 12.1. The third-order valence-electron chi connectivity index (χ3n) is 3.97. The molecule has 0 saturated carbocycles. The number of hydrogen-bond acceptors (Lipinski definition) is 6. The van der Waals surface area contributed by atoms with Gasteiger partial charge in [-0.3, -0.25) is 15.0 Å².